The molecule has 0 radical (unpaired) electrons. The molecule has 3 atom stereocenters. The number of nitrogens with one attached hydrogen (secondary N) is 1. The molecular formula is C15H32N2. The van der Waals surface area contributed by atoms with E-state index < -0.39 is 0 Å². The van der Waals surface area contributed by atoms with Crippen molar-refractivity contribution in [1.82, 2.24) is 10.2 Å². The van der Waals surface area contributed by atoms with Crippen molar-refractivity contribution in [2.24, 2.45) is 11.3 Å². The van der Waals surface area contributed by atoms with Crippen LogP contribution in [-0.4, -0.2) is 36.6 Å². The maximum absolute atomic E-state index is 3.63. The molecule has 1 saturated heterocycles. The Labute approximate surface area is 108 Å². The first-order valence-electron chi connectivity index (χ1n) is 7.31. The van der Waals surface area contributed by atoms with Crippen LogP contribution in [-0.2, 0) is 0 Å². The van der Waals surface area contributed by atoms with E-state index >= 15 is 0 Å². The van der Waals surface area contributed by atoms with E-state index in [0.29, 0.717) is 11.5 Å². The highest BCUT2D eigenvalue weighted by atomic mass is 15.2. The van der Waals surface area contributed by atoms with Gasteiger partial charge in [0.15, 0.2) is 0 Å². The van der Waals surface area contributed by atoms with Crippen molar-refractivity contribution >= 4 is 0 Å². The van der Waals surface area contributed by atoms with E-state index in [9.17, 15) is 0 Å². The smallest absolute Gasteiger partial charge is 0.0246 e. The molecule has 102 valence electrons. The summed E-state index contributed by atoms with van der Waals surface area (Å²) in [5, 5.41) is 3.63. The summed E-state index contributed by atoms with van der Waals surface area (Å²) in [6, 6.07) is 1.38. The Kier molecular flexibility index (Phi) is 5.46. The number of piperazine rings is 1. The number of rotatable bonds is 4. The van der Waals surface area contributed by atoms with Gasteiger partial charge in [-0.05, 0) is 31.2 Å². The molecule has 1 rings (SSSR count). The average molecular weight is 240 g/mol. The Morgan fingerprint density at radius 2 is 2.00 bits per heavy atom. The lowest BCUT2D eigenvalue weighted by Gasteiger charge is -2.43. The highest BCUT2D eigenvalue weighted by molar-refractivity contribution is 4.87. The van der Waals surface area contributed by atoms with Crippen LogP contribution in [0.3, 0.4) is 0 Å². The normalized spacial score (nSPS) is 29.3. The predicted molar refractivity (Wildman–Crippen MR) is 76.4 cm³/mol. The van der Waals surface area contributed by atoms with E-state index in [-0.39, 0.29) is 0 Å². The van der Waals surface area contributed by atoms with Gasteiger partial charge >= 0.3 is 0 Å². The van der Waals surface area contributed by atoms with Crippen molar-refractivity contribution in [3.8, 4) is 0 Å². The van der Waals surface area contributed by atoms with E-state index in [1.807, 2.05) is 0 Å². The number of hydrogen-bond acceptors (Lipinski definition) is 2. The summed E-state index contributed by atoms with van der Waals surface area (Å²) in [6.45, 7) is 17.7. The van der Waals surface area contributed by atoms with Gasteiger partial charge < -0.3 is 5.32 Å². The molecule has 3 unspecified atom stereocenters. The maximum atomic E-state index is 3.63. The number of nitrogens with zero attached hydrogens (tertiary/aromatic N) is 1. The molecule has 0 aromatic rings. The van der Waals surface area contributed by atoms with Gasteiger partial charge in [-0.1, -0.05) is 41.0 Å². The summed E-state index contributed by atoms with van der Waals surface area (Å²) in [5.74, 6) is 0.801. The SMILES string of the molecule is CCC(C)C1CNC(C)CN1CCC(C)(C)C. The molecule has 2 nitrogen and oxygen atoms in total. The maximum Gasteiger partial charge on any atom is 0.0246 e. The van der Waals surface area contributed by atoms with Crippen LogP contribution in [0.25, 0.3) is 0 Å². The Balaban J connectivity index is 2.55. The molecule has 0 aromatic carbocycles. The number of hydrogen-bond donors (Lipinski definition) is 1. The summed E-state index contributed by atoms with van der Waals surface area (Å²) >= 11 is 0. The van der Waals surface area contributed by atoms with Gasteiger partial charge in [0.25, 0.3) is 0 Å². The molecule has 1 aliphatic heterocycles. The minimum Gasteiger partial charge on any atom is -0.311 e. The van der Waals surface area contributed by atoms with Crippen molar-refractivity contribution in [2.75, 3.05) is 19.6 Å². The Hall–Kier alpha value is -0.0800. The zero-order chi connectivity index (χ0) is 13.1. The summed E-state index contributed by atoms with van der Waals surface area (Å²) in [4.78, 5) is 2.72. The molecule has 0 bridgehead atoms. The molecular weight excluding hydrogens is 208 g/mol. The summed E-state index contributed by atoms with van der Waals surface area (Å²) in [7, 11) is 0. The summed E-state index contributed by atoms with van der Waals surface area (Å²) in [6.07, 6.45) is 2.58. The van der Waals surface area contributed by atoms with E-state index in [0.717, 1.165) is 12.0 Å². The second-order valence-electron chi connectivity index (χ2n) is 7.07. The Bertz CT molecular complexity index is 219. The minimum absolute atomic E-state index is 0.452. The lowest BCUT2D eigenvalue weighted by Crippen LogP contribution is -2.58. The van der Waals surface area contributed by atoms with Gasteiger partial charge in [-0.3, -0.25) is 4.90 Å². The largest absolute Gasteiger partial charge is 0.311 e. The first kappa shape index (κ1) is 15.0. The van der Waals surface area contributed by atoms with Crippen molar-refractivity contribution in [3.05, 3.63) is 0 Å². The zero-order valence-corrected chi connectivity index (χ0v) is 12.7. The average Bonchev–Trinajstić information content (AvgIpc) is 2.24. The highest BCUT2D eigenvalue weighted by Gasteiger charge is 2.29. The molecule has 0 aliphatic carbocycles. The molecule has 0 saturated carbocycles. The van der Waals surface area contributed by atoms with Crippen LogP contribution in [0.4, 0.5) is 0 Å². The molecule has 17 heavy (non-hydrogen) atoms. The third-order valence-electron chi connectivity index (χ3n) is 4.10. The molecule has 1 aliphatic rings. The van der Waals surface area contributed by atoms with Crippen molar-refractivity contribution < 1.29 is 0 Å². The lowest BCUT2D eigenvalue weighted by atomic mass is 9.89. The van der Waals surface area contributed by atoms with Gasteiger partial charge in [-0.25, -0.2) is 0 Å². The van der Waals surface area contributed by atoms with Gasteiger partial charge in [-0.15, -0.1) is 0 Å². The van der Waals surface area contributed by atoms with Crippen LogP contribution in [0.15, 0.2) is 0 Å². The van der Waals surface area contributed by atoms with Gasteiger partial charge in [0, 0.05) is 25.2 Å². The fraction of sp³-hybridized carbons (Fsp3) is 1.00. The minimum atomic E-state index is 0.452. The molecule has 0 aromatic heterocycles. The predicted octanol–water partition coefficient (Wildman–Crippen LogP) is 3.13. The summed E-state index contributed by atoms with van der Waals surface area (Å²) in [5.41, 5.74) is 0.452. The Morgan fingerprint density at radius 3 is 2.53 bits per heavy atom. The van der Waals surface area contributed by atoms with Crippen molar-refractivity contribution in [2.45, 2.75) is 66.5 Å². The molecule has 2 heteroatoms. The monoisotopic (exact) mass is 240 g/mol. The molecule has 1 fully saturated rings. The van der Waals surface area contributed by atoms with Crippen LogP contribution < -0.4 is 5.32 Å². The molecule has 1 N–H and O–H groups in total. The quantitative estimate of drug-likeness (QED) is 0.812. The zero-order valence-electron chi connectivity index (χ0n) is 12.7. The van der Waals surface area contributed by atoms with E-state index in [2.05, 4.69) is 51.8 Å². The van der Waals surface area contributed by atoms with Crippen LogP contribution in [0.5, 0.6) is 0 Å². The molecule has 0 spiro atoms. The topological polar surface area (TPSA) is 15.3 Å². The van der Waals surface area contributed by atoms with Crippen LogP contribution in [0, 0.1) is 11.3 Å². The second kappa shape index (κ2) is 6.19. The van der Waals surface area contributed by atoms with Gasteiger partial charge in [0.2, 0.25) is 0 Å². The van der Waals surface area contributed by atoms with Crippen molar-refractivity contribution in [1.29, 1.82) is 0 Å². The first-order chi connectivity index (χ1) is 7.83. The second-order valence-corrected chi connectivity index (χ2v) is 7.07. The standard InChI is InChI=1S/C15H32N2/c1-7-12(2)14-10-16-13(3)11-17(14)9-8-15(4,5)6/h12-14,16H,7-11H2,1-6H3. The fourth-order valence-electron chi connectivity index (χ4n) is 2.57. The van der Waals surface area contributed by atoms with Gasteiger partial charge in [0.05, 0.1) is 0 Å². The fourth-order valence-corrected chi connectivity index (χ4v) is 2.57. The third-order valence-corrected chi connectivity index (χ3v) is 4.10. The van der Waals surface area contributed by atoms with Crippen LogP contribution in [0.2, 0.25) is 0 Å². The third kappa shape index (κ3) is 4.97. The van der Waals surface area contributed by atoms with Gasteiger partial charge in [-0.2, -0.15) is 0 Å². The van der Waals surface area contributed by atoms with E-state index in [4.69, 9.17) is 0 Å². The Morgan fingerprint density at radius 1 is 1.35 bits per heavy atom. The highest BCUT2D eigenvalue weighted by Crippen LogP contribution is 2.23. The lowest BCUT2D eigenvalue weighted by molar-refractivity contribution is 0.0839. The van der Waals surface area contributed by atoms with Crippen LogP contribution in [0.1, 0.15) is 54.4 Å². The first-order valence-corrected chi connectivity index (χ1v) is 7.31. The van der Waals surface area contributed by atoms with Crippen LogP contribution >= 0.6 is 0 Å². The molecule has 0 amide bonds. The van der Waals surface area contributed by atoms with Crippen molar-refractivity contribution in [3.63, 3.8) is 0 Å². The molecule has 1 heterocycles. The van der Waals surface area contributed by atoms with Gasteiger partial charge in [0.1, 0.15) is 0 Å². The van der Waals surface area contributed by atoms with E-state index in [1.165, 1.54) is 32.5 Å². The summed E-state index contributed by atoms with van der Waals surface area (Å²) < 4.78 is 0. The van der Waals surface area contributed by atoms with E-state index in [1.54, 1.807) is 0 Å².